The Bertz CT molecular complexity index is 352. The molecule has 1 aliphatic rings. The van der Waals surface area contributed by atoms with Gasteiger partial charge in [-0.1, -0.05) is 11.6 Å². The largest absolute Gasteiger partial charge is 0.354 e. The first-order valence-corrected chi connectivity index (χ1v) is 5.27. The fraction of sp³-hybridized carbons (Fsp3) is 0.400. The molecule has 1 fully saturated rings. The molecule has 80 valence electrons. The third-order valence-electron chi connectivity index (χ3n) is 2.30. The van der Waals surface area contributed by atoms with Gasteiger partial charge in [-0.15, -0.1) is 0 Å². The minimum atomic E-state index is 0.0456. The second kappa shape index (κ2) is 4.49. The topological polar surface area (TPSA) is 45.2 Å². The smallest absolute Gasteiger partial charge is 0.239 e. The number of hydrogen-bond donors (Lipinski definition) is 1. The van der Waals surface area contributed by atoms with E-state index < -0.39 is 0 Å². The van der Waals surface area contributed by atoms with Gasteiger partial charge >= 0.3 is 0 Å². The van der Waals surface area contributed by atoms with Crippen molar-refractivity contribution >= 4 is 23.3 Å². The van der Waals surface area contributed by atoms with Crippen molar-refractivity contribution in [1.29, 1.82) is 0 Å². The van der Waals surface area contributed by atoms with Gasteiger partial charge in [-0.25, -0.2) is 4.98 Å². The lowest BCUT2D eigenvalue weighted by Crippen LogP contribution is -2.33. The summed E-state index contributed by atoms with van der Waals surface area (Å²) >= 11 is 5.75. The maximum Gasteiger partial charge on any atom is 0.239 e. The van der Waals surface area contributed by atoms with E-state index in [1.807, 2.05) is 11.0 Å². The highest BCUT2D eigenvalue weighted by Crippen LogP contribution is 2.14. The van der Waals surface area contributed by atoms with Crippen LogP contribution in [0.5, 0.6) is 0 Å². The molecule has 5 heteroatoms. The zero-order chi connectivity index (χ0) is 10.7. The van der Waals surface area contributed by atoms with Gasteiger partial charge in [0.2, 0.25) is 5.91 Å². The van der Waals surface area contributed by atoms with Gasteiger partial charge in [0.25, 0.3) is 0 Å². The number of halogens is 1. The molecule has 0 unspecified atom stereocenters. The average molecular weight is 226 g/mol. The van der Waals surface area contributed by atoms with Crippen molar-refractivity contribution in [3.05, 3.63) is 23.4 Å². The van der Waals surface area contributed by atoms with Crippen LogP contribution in [0.1, 0.15) is 6.42 Å². The van der Waals surface area contributed by atoms with E-state index in [2.05, 4.69) is 10.3 Å². The number of anilines is 1. The summed E-state index contributed by atoms with van der Waals surface area (Å²) in [6.07, 6.45) is 2.54. The molecule has 1 aliphatic heterocycles. The van der Waals surface area contributed by atoms with Gasteiger partial charge in [0.1, 0.15) is 5.82 Å². The summed E-state index contributed by atoms with van der Waals surface area (Å²) in [5.41, 5.74) is 0. The number of pyridine rings is 1. The molecule has 0 saturated carbocycles. The SMILES string of the molecule is O=C1CN(c2ccc(Cl)cn2)CCCN1. The summed E-state index contributed by atoms with van der Waals surface area (Å²) < 4.78 is 0. The van der Waals surface area contributed by atoms with Gasteiger partial charge in [-0.05, 0) is 18.6 Å². The van der Waals surface area contributed by atoms with Gasteiger partial charge < -0.3 is 10.2 Å². The highest BCUT2D eigenvalue weighted by Gasteiger charge is 2.15. The van der Waals surface area contributed by atoms with Crippen molar-refractivity contribution < 1.29 is 4.79 Å². The summed E-state index contributed by atoms with van der Waals surface area (Å²) in [5, 5.41) is 3.43. The number of amides is 1. The van der Waals surface area contributed by atoms with Gasteiger partial charge in [0, 0.05) is 19.3 Å². The van der Waals surface area contributed by atoms with E-state index in [0.29, 0.717) is 11.6 Å². The molecule has 2 rings (SSSR count). The van der Waals surface area contributed by atoms with Gasteiger partial charge in [-0.2, -0.15) is 0 Å². The molecule has 1 aromatic rings. The Hall–Kier alpha value is -1.29. The summed E-state index contributed by atoms with van der Waals surface area (Å²) in [6, 6.07) is 3.62. The molecule has 1 aromatic heterocycles. The van der Waals surface area contributed by atoms with Crippen molar-refractivity contribution in [3.8, 4) is 0 Å². The van der Waals surface area contributed by atoms with E-state index in [9.17, 15) is 4.79 Å². The standard InChI is InChI=1S/C10H12ClN3O/c11-8-2-3-9(13-6-8)14-5-1-4-12-10(15)7-14/h2-3,6H,1,4-5,7H2,(H,12,15). The van der Waals surface area contributed by atoms with Gasteiger partial charge in [0.05, 0.1) is 11.6 Å². The van der Waals surface area contributed by atoms with E-state index in [1.54, 1.807) is 12.3 Å². The van der Waals surface area contributed by atoms with Crippen molar-refractivity contribution in [2.24, 2.45) is 0 Å². The van der Waals surface area contributed by atoms with Crippen molar-refractivity contribution in [1.82, 2.24) is 10.3 Å². The van der Waals surface area contributed by atoms with Crippen LogP contribution in [0, 0.1) is 0 Å². The van der Waals surface area contributed by atoms with Crippen LogP contribution in [0.25, 0.3) is 0 Å². The number of nitrogens with one attached hydrogen (secondary N) is 1. The summed E-state index contributed by atoms with van der Waals surface area (Å²) in [4.78, 5) is 17.5. The number of hydrogen-bond acceptors (Lipinski definition) is 3. The van der Waals surface area contributed by atoms with Crippen LogP contribution < -0.4 is 10.2 Å². The molecule has 2 heterocycles. The van der Waals surface area contributed by atoms with E-state index in [1.165, 1.54) is 0 Å². The lowest BCUT2D eigenvalue weighted by molar-refractivity contribution is -0.119. The third-order valence-corrected chi connectivity index (χ3v) is 2.52. The average Bonchev–Trinajstić information content (AvgIpc) is 2.44. The molecule has 0 spiro atoms. The molecule has 0 aliphatic carbocycles. The van der Waals surface area contributed by atoms with Crippen LogP contribution in [-0.4, -0.2) is 30.5 Å². The highest BCUT2D eigenvalue weighted by molar-refractivity contribution is 6.30. The van der Waals surface area contributed by atoms with Crippen LogP contribution in [-0.2, 0) is 4.79 Å². The summed E-state index contributed by atoms with van der Waals surface area (Å²) in [5.74, 6) is 0.848. The maximum absolute atomic E-state index is 11.3. The number of carbonyl (C=O) groups excluding carboxylic acids is 1. The van der Waals surface area contributed by atoms with Crippen LogP contribution in [0.15, 0.2) is 18.3 Å². The number of carbonyl (C=O) groups is 1. The zero-order valence-electron chi connectivity index (χ0n) is 8.24. The number of rotatable bonds is 1. The zero-order valence-corrected chi connectivity index (χ0v) is 9.00. The number of nitrogens with zero attached hydrogens (tertiary/aromatic N) is 2. The van der Waals surface area contributed by atoms with Crippen LogP contribution >= 0.6 is 11.6 Å². The van der Waals surface area contributed by atoms with E-state index in [4.69, 9.17) is 11.6 Å². The molecule has 0 atom stereocenters. The Morgan fingerprint density at radius 2 is 2.33 bits per heavy atom. The Labute approximate surface area is 93.2 Å². The molecule has 1 amide bonds. The summed E-state index contributed by atoms with van der Waals surface area (Å²) in [6.45, 7) is 1.95. The molecule has 15 heavy (non-hydrogen) atoms. The molecule has 0 radical (unpaired) electrons. The Morgan fingerprint density at radius 1 is 1.47 bits per heavy atom. The molecule has 1 saturated heterocycles. The molecule has 0 bridgehead atoms. The lowest BCUT2D eigenvalue weighted by atomic mass is 10.3. The van der Waals surface area contributed by atoms with Crippen LogP contribution in [0.4, 0.5) is 5.82 Å². The first-order chi connectivity index (χ1) is 7.25. The predicted octanol–water partition coefficient (Wildman–Crippen LogP) is 1.06. The molecular formula is C10H12ClN3O. The van der Waals surface area contributed by atoms with E-state index in [-0.39, 0.29) is 5.91 Å². The highest BCUT2D eigenvalue weighted by atomic mass is 35.5. The summed E-state index contributed by atoms with van der Waals surface area (Å²) in [7, 11) is 0. The second-order valence-corrected chi connectivity index (χ2v) is 3.90. The van der Waals surface area contributed by atoms with Gasteiger partial charge in [0.15, 0.2) is 0 Å². The van der Waals surface area contributed by atoms with E-state index in [0.717, 1.165) is 25.3 Å². The minimum Gasteiger partial charge on any atom is -0.354 e. The quantitative estimate of drug-likeness (QED) is 0.778. The Balaban J connectivity index is 2.14. The van der Waals surface area contributed by atoms with Crippen molar-refractivity contribution in [2.45, 2.75) is 6.42 Å². The third kappa shape index (κ3) is 2.59. The predicted molar refractivity (Wildman–Crippen MR) is 59.1 cm³/mol. The first kappa shape index (κ1) is 10.2. The lowest BCUT2D eigenvalue weighted by Gasteiger charge is -2.19. The fourth-order valence-electron chi connectivity index (χ4n) is 1.56. The van der Waals surface area contributed by atoms with E-state index >= 15 is 0 Å². The van der Waals surface area contributed by atoms with Crippen molar-refractivity contribution in [3.63, 3.8) is 0 Å². The molecule has 1 N–H and O–H groups in total. The maximum atomic E-state index is 11.3. The second-order valence-electron chi connectivity index (χ2n) is 3.46. The molecule has 4 nitrogen and oxygen atoms in total. The van der Waals surface area contributed by atoms with Crippen molar-refractivity contribution in [2.75, 3.05) is 24.5 Å². The minimum absolute atomic E-state index is 0.0456. The van der Waals surface area contributed by atoms with Crippen LogP contribution in [0.2, 0.25) is 5.02 Å². The molecular weight excluding hydrogens is 214 g/mol. The van der Waals surface area contributed by atoms with Gasteiger partial charge in [-0.3, -0.25) is 4.79 Å². The first-order valence-electron chi connectivity index (χ1n) is 4.89. The Kier molecular flexibility index (Phi) is 3.06. The fourth-order valence-corrected chi connectivity index (χ4v) is 1.67. The Morgan fingerprint density at radius 3 is 3.07 bits per heavy atom. The monoisotopic (exact) mass is 225 g/mol. The normalized spacial score (nSPS) is 17.1. The molecule has 0 aromatic carbocycles. The van der Waals surface area contributed by atoms with Crippen LogP contribution in [0.3, 0.4) is 0 Å². The number of aromatic nitrogens is 1.